The number of ether oxygens (including phenoxy) is 1. The fourth-order valence-corrected chi connectivity index (χ4v) is 4.94. The Hall–Kier alpha value is -1.58. The maximum Gasteiger partial charge on any atom is 0.244 e. The summed E-state index contributed by atoms with van der Waals surface area (Å²) in [7, 11) is -4.17. The number of sulfonamides is 1. The molecule has 138 valence electrons. The zero-order chi connectivity index (χ0) is 18.0. The van der Waals surface area contributed by atoms with E-state index in [4.69, 9.17) is 4.74 Å². The maximum absolute atomic E-state index is 13.5. The van der Waals surface area contributed by atoms with Crippen LogP contribution >= 0.6 is 0 Å². The van der Waals surface area contributed by atoms with E-state index in [1.54, 1.807) is 4.90 Å². The molecule has 0 spiro atoms. The highest BCUT2D eigenvalue weighted by molar-refractivity contribution is 7.89. The van der Waals surface area contributed by atoms with Crippen molar-refractivity contribution >= 4 is 15.9 Å². The third-order valence-electron chi connectivity index (χ3n) is 4.50. The average molecular weight is 374 g/mol. The molecule has 2 aliphatic rings. The van der Waals surface area contributed by atoms with Crippen molar-refractivity contribution in [3.05, 3.63) is 29.8 Å². The Morgan fingerprint density at radius 3 is 2.32 bits per heavy atom. The molecule has 0 saturated carbocycles. The molecule has 0 N–H and O–H groups in total. The van der Waals surface area contributed by atoms with E-state index in [1.807, 2.05) is 0 Å². The van der Waals surface area contributed by atoms with E-state index in [2.05, 4.69) is 0 Å². The summed E-state index contributed by atoms with van der Waals surface area (Å²) in [6, 6.07) is 1.33. The molecule has 0 aliphatic carbocycles. The standard InChI is InChI=1S/C16H20F2N2O4S/c17-12-9-13(18)11-14(10-12)25(22,23)20-4-2-1-3-15(20)16(21)19-5-7-24-8-6-19/h9-11,15H,1-8H2/t15-/m0/s1. The number of amides is 1. The van der Waals surface area contributed by atoms with Gasteiger partial charge in [0.05, 0.1) is 18.1 Å². The molecular weight excluding hydrogens is 354 g/mol. The molecule has 9 heteroatoms. The summed E-state index contributed by atoms with van der Waals surface area (Å²) in [6.45, 7) is 1.82. The molecule has 1 aromatic rings. The molecule has 6 nitrogen and oxygen atoms in total. The summed E-state index contributed by atoms with van der Waals surface area (Å²) in [5.74, 6) is -2.21. The van der Waals surface area contributed by atoms with Crippen LogP contribution in [0, 0.1) is 11.6 Å². The van der Waals surface area contributed by atoms with Gasteiger partial charge in [0, 0.05) is 25.7 Å². The molecule has 2 fully saturated rings. The first-order valence-corrected chi connectivity index (χ1v) is 9.68. The minimum Gasteiger partial charge on any atom is -0.378 e. The maximum atomic E-state index is 13.5. The highest BCUT2D eigenvalue weighted by Crippen LogP contribution is 2.27. The van der Waals surface area contributed by atoms with Crippen LogP contribution in [0.4, 0.5) is 8.78 Å². The first-order chi connectivity index (χ1) is 11.9. The summed E-state index contributed by atoms with van der Waals surface area (Å²) in [5, 5.41) is 0. The second kappa shape index (κ2) is 7.35. The lowest BCUT2D eigenvalue weighted by Gasteiger charge is -2.37. The lowest BCUT2D eigenvalue weighted by molar-refractivity contribution is -0.140. The van der Waals surface area contributed by atoms with Crippen LogP contribution < -0.4 is 0 Å². The van der Waals surface area contributed by atoms with E-state index >= 15 is 0 Å². The van der Waals surface area contributed by atoms with E-state index < -0.39 is 32.6 Å². The molecule has 25 heavy (non-hydrogen) atoms. The molecule has 2 heterocycles. The van der Waals surface area contributed by atoms with Crippen LogP contribution in [-0.4, -0.2) is 62.4 Å². The number of piperidine rings is 1. The minimum absolute atomic E-state index is 0.154. The lowest BCUT2D eigenvalue weighted by atomic mass is 10.0. The predicted octanol–water partition coefficient (Wildman–Crippen LogP) is 1.37. The largest absolute Gasteiger partial charge is 0.378 e. The van der Waals surface area contributed by atoms with Crippen molar-refractivity contribution in [2.75, 3.05) is 32.8 Å². The summed E-state index contributed by atoms with van der Waals surface area (Å²) in [6.07, 6.45) is 1.72. The smallest absolute Gasteiger partial charge is 0.244 e. The Labute approximate surface area is 145 Å². The molecular formula is C16H20F2N2O4S. The molecule has 0 unspecified atom stereocenters. The van der Waals surface area contributed by atoms with Gasteiger partial charge >= 0.3 is 0 Å². The molecule has 1 amide bonds. The summed E-state index contributed by atoms with van der Waals surface area (Å²) >= 11 is 0. The fraction of sp³-hybridized carbons (Fsp3) is 0.562. The van der Waals surface area contributed by atoms with Crippen LogP contribution in [0.2, 0.25) is 0 Å². The monoisotopic (exact) mass is 374 g/mol. The summed E-state index contributed by atoms with van der Waals surface area (Å²) in [5.41, 5.74) is 0. The van der Waals surface area contributed by atoms with Crippen molar-refractivity contribution in [3.63, 3.8) is 0 Å². The fourth-order valence-electron chi connectivity index (χ4n) is 3.25. The van der Waals surface area contributed by atoms with Crippen LogP contribution in [0.15, 0.2) is 23.1 Å². The van der Waals surface area contributed by atoms with E-state index in [0.29, 0.717) is 45.2 Å². The third kappa shape index (κ3) is 3.83. The third-order valence-corrected chi connectivity index (χ3v) is 6.39. The van der Waals surface area contributed by atoms with Crippen molar-refractivity contribution in [1.82, 2.24) is 9.21 Å². The van der Waals surface area contributed by atoms with Crippen LogP contribution in [0.25, 0.3) is 0 Å². The molecule has 1 aromatic carbocycles. The van der Waals surface area contributed by atoms with Gasteiger partial charge in [0.1, 0.15) is 17.7 Å². The molecule has 0 aromatic heterocycles. The SMILES string of the molecule is O=C([C@@H]1CCCCN1S(=O)(=O)c1cc(F)cc(F)c1)N1CCOCC1. The van der Waals surface area contributed by atoms with Gasteiger partial charge < -0.3 is 9.64 Å². The Bertz CT molecular complexity index is 730. The predicted molar refractivity (Wildman–Crippen MR) is 85.3 cm³/mol. The normalized spacial score (nSPS) is 22.8. The number of halogens is 2. The number of carbonyl (C=O) groups is 1. The first kappa shape index (κ1) is 18.2. The minimum atomic E-state index is -4.17. The van der Waals surface area contributed by atoms with Crippen molar-refractivity contribution < 1.29 is 26.7 Å². The molecule has 0 bridgehead atoms. The number of rotatable bonds is 3. The Morgan fingerprint density at radius 2 is 1.68 bits per heavy atom. The molecule has 2 saturated heterocycles. The molecule has 1 atom stereocenters. The molecule has 0 radical (unpaired) electrons. The number of benzene rings is 1. The van der Waals surface area contributed by atoms with Crippen LogP contribution in [-0.2, 0) is 19.6 Å². The number of hydrogen-bond acceptors (Lipinski definition) is 4. The van der Waals surface area contributed by atoms with Gasteiger partial charge in [0.25, 0.3) is 0 Å². The second-order valence-electron chi connectivity index (χ2n) is 6.17. The van der Waals surface area contributed by atoms with Crippen LogP contribution in [0.5, 0.6) is 0 Å². The van der Waals surface area contributed by atoms with Gasteiger partial charge in [-0.15, -0.1) is 0 Å². The number of carbonyl (C=O) groups excluding carboxylic acids is 1. The lowest BCUT2D eigenvalue weighted by Crippen LogP contribution is -2.55. The topological polar surface area (TPSA) is 66.9 Å². The molecule has 2 aliphatic heterocycles. The van der Waals surface area contributed by atoms with E-state index in [-0.39, 0.29) is 12.5 Å². The Balaban J connectivity index is 1.90. The average Bonchev–Trinajstić information content (AvgIpc) is 2.61. The van der Waals surface area contributed by atoms with Gasteiger partial charge in [-0.2, -0.15) is 4.31 Å². The van der Waals surface area contributed by atoms with Gasteiger partial charge in [0.2, 0.25) is 15.9 Å². The van der Waals surface area contributed by atoms with Gasteiger partial charge in [0.15, 0.2) is 0 Å². The highest BCUT2D eigenvalue weighted by atomic mass is 32.2. The summed E-state index contributed by atoms with van der Waals surface area (Å²) in [4.78, 5) is 13.9. The number of nitrogens with zero attached hydrogens (tertiary/aromatic N) is 2. The van der Waals surface area contributed by atoms with Gasteiger partial charge in [-0.05, 0) is 25.0 Å². The van der Waals surface area contributed by atoms with Gasteiger partial charge in [-0.3, -0.25) is 4.79 Å². The Kier molecular flexibility index (Phi) is 5.35. The van der Waals surface area contributed by atoms with E-state index in [9.17, 15) is 22.0 Å². The quantitative estimate of drug-likeness (QED) is 0.802. The number of morpholine rings is 1. The second-order valence-corrected chi connectivity index (χ2v) is 8.06. The Morgan fingerprint density at radius 1 is 1.04 bits per heavy atom. The zero-order valence-electron chi connectivity index (χ0n) is 13.7. The van der Waals surface area contributed by atoms with Crippen molar-refractivity contribution in [3.8, 4) is 0 Å². The van der Waals surface area contributed by atoms with Crippen molar-refractivity contribution in [1.29, 1.82) is 0 Å². The van der Waals surface area contributed by atoms with E-state index in [1.165, 1.54) is 0 Å². The first-order valence-electron chi connectivity index (χ1n) is 8.24. The molecule has 3 rings (SSSR count). The van der Waals surface area contributed by atoms with Crippen molar-refractivity contribution in [2.45, 2.75) is 30.2 Å². The van der Waals surface area contributed by atoms with Gasteiger partial charge in [-0.1, -0.05) is 6.42 Å². The zero-order valence-corrected chi connectivity index (χ0v) is 14.5. The van der Waals surface area contributed by atoms with Crippen LogP contribution in [0.3, 0.4) is 0 Å². The highest BCUT2D eigenvalue weighted by Gasteiger charge is 2.40. The van der Waals surface area contributed by atoms with Crippen LogP contribution in [0.1, 0.15) is 19.3 Å². The van der Waals surface area contributed by atoms with Crippen molar-refractivity contribution in [2.24, 2.45) is 0 Å². The van der Waals surface area contributed by atoms with Gasteiger partial charge in [-0.25, -0.2) is 17.2 Å². The number of hydrogen-bond donors (Lipinski definition) is 0. The summed E-state index contributed by atoms with van der Waals surface area (Å²) < 4.78 is 59.0. The van der Waals surface area contributed by atoms with E-state index in [0.717, 1.165) is 22.9 Å².